The van der Waals surface area contributed by atoms with Crippen LogP contribution in [0.2, 0.25) is 0 Å². The van der Waals surface area contributed by atoms with Gasteiger partial charge in [0.25, 0.3) is 0 Å². The van der Waals surface area contributed by atoms with Gasteiger partial charge in [0.15, 0.2) is 5.82 Å². The minimum Gasteiger partial charge on any atom is -0.359 e. The van der Waals surface area contributed by atoms with Crippen molar-refractivity contribution in [1.82, 2.24) is 20.4 Å². The summed E-state index contributed by atoms with van der Waals surface area (Å²) in [7, 11) is 0. The highest BCUT2D eigenvalue weighted by Crippen LogP contribution is 2.23. The first-order valence-corrected chi connectivity index (χ1v) is 7.21. The molecule has 3 N–H and O–H groups in total. The van der Waals surface area contributed by atoms with Crippen LogP contribution in [0.3, 0.4) is 0 Å². The predicted molar refractivity (Wildman–Crippen MR) is 84.3 cm³/mol. The first-order chi connectivity index (χ1) is 10.7. The first-order valence-electron chi connectivity index (χ1n) is 7.21. The smallest absolute Gasteiger partial charge is 0.240 e. The van der Waals surface area contributed by atoms with Crippen molar-refractivity contribution in [3.05, 3.63) is 42.1 Å². The number of carbonyl (C=O) groups is 1. The fraction of sp³-hybridized carbons (Fsp3) is 0.188. The Morgan fingerprint density at radius 2 is 2.18 bits per heavy atom. The maximum absolute atomic E-state index is 11.4. The first kappa shape index (κ1) is 12.8. The number of hydrazone groups is 1. The number of H-pyrrole nitrogens is 2. The van der Waals surface area contributed by atoms with Crippen molar-refractivity contribution in [2.24, 2.45) is 11.0 Å². The molecule has 0 radical (unpaired) electrons. The zero-order chi connectivity index (χ0) is 15.1. The number of hydrogen-bond acceptors (Lipinski definition) is 3. The molecule has 110 valence electrons. The number of nitrogens with zero attached hydrogens (tertiary/aromatic N) is 2. The van der Waals surface area contributed by atoms with Crippen molar-refractivity contribution in [3.8, 4) is 11.5 Å². The van der Waals surface area contributed by atoms with Crippen LogP contribution in [-0.2, 0) is 4.79 Å². The van der Waals surface area contributed by atoms with Gasteiger partial charge in [0, 0.05) is 24.1 Å². The Balaban J connectivity index is 1.76. The Bertz CT molecular complexity index is 875. The van der Waals surface area contributed by atoms with Gasteiger partial charge in [0.05, 0.1) is 22.4 Å². The van der Waals surface area contributed by atoms with Gasteiger partial charge in [0.1, 0.15) is 0 Å². The highest BCUT2D eigenvalue weighted by Gasteiger charge is 2.22. The van der Waals surface area contributed by atoms with E-state index >= 15 is 0 Å². The molecule has 0 saturated heterocycles. The number of benzene rings is 1. The maximum Gasteiger partial charge on any atom is 0.240 e. The third kappa shape index (κ3) is 2.09. The lowest BCUT2D eigenvalue weighted by atomic mass is 9.94. The molecule has 1 atom stereocenters. The molecule has 0 fully saturated rings. The van der Waals surface area contributed by atoms with Crippen LogP contribution in [0.25, 0.3) is 22.6 Å². The zero-order valence-corrected chi connectivity index (χ0v) is 12.1. The van der Waals surface area contributed by atoms with Crippen LogP contribution >= 0.6 is 0 Å². The Morgan fingerprint density at radius 3 is 2.95 bits per heavy atom. The summed E-state index contributed by atoms with van der Waals surface area (Å²) in [6, 6.07) is 9.91. The number of aromatic amines is 2. The van der Waals surface area contributed by atoms with Crippen LogP contribution in [0.5, 0.6) is 0 Å². The molecule has 1 amide bonds. The van der Waals surface area contributed by atoms with Crippen molar-refractivity contribution >= 4 is 22.7 Å². The van der Waals surface area contributed by atoms with Gasteiger partial charge >= 0.3 is 0 Å². The lowest BCUT2D eigenvalue weighted by Gasteiger charge is -2.18. The normalized spacial score (nSPS) is 18.3. The van der Waals surface area contributed by atoms with Crippen molar-refractivity contribution in [3.63, 3.8) is 0 Å². The van der Waals surface area contributed by atoms with Crippen LogP contribution in [0.4, 0.5) is 0 Å². The van der Waals surface area contributed by atoms with Gasteiger partial charge in [-0.2, -0.15) is 5.10 Å². The van der Waals surface area contributed by atoms with E-state index in [1.807, 2.05) is 43.5 Å². The topological polar surface area (TPSA) is 85.9 Å². The third-order valence-electron chi connectivity index (χ3n) is 3.89. The summed E-state index contributed by atoms with van der Waals surface area (Å²) in [5.74, 6) is 0.883. The Labute approximate surface area is 126 Å². The number of nitrogens with one attached hydrogen (secondary N) is 3. The van der Waals surface area contributed by atoms with E-state index in [4.69, 9.17) is 0 Å². The Hall–Kier alpha value is -2.89. The summed E-state index contributed by atoms with van der Waals surface area (Å²) in [5, 5.41) is 4.20. The van der Waals surface area contributed by atoms with E-state index < -0.39 is 0 Å². The third-order valence-corrected chi connectivity index (χ3v) is 3.89. The molecule has 2 aromatic heterocycles. The summed E-state index contributed by atoms with van der Waals surface area (Å²) in [6.45, 7) is 2.01. The van der Waals surface area contributed by atoms with Crippen molar-refractivity contribution in [1.29, 1.82) is 0 Å². The lowest BCUT2D eigenvalue weighted by Crippen LogP contribution is -2.31. The summed E-state index contributed by atoms with van der Waals surface area (Å²) < 4.78 is 0. The summed E-state index contributed by atoms with van der Waals surface area (Å²) in [4.78, 5) is 22.4. The summed E-state index contributed by atoms with van der Waals surface area (Å²) >= 11 is 0. The Kier molecular flexibility index (Phi) is 2.82. The molecule has 0 aliphatic carbocycles. The van der Waals surface area contributed by atoms with Crippen LogP contribution in [0.1, 0.15) is 18.9 Å². The van der Waals surface area contributed by atoms with E-state index in [1.165, 1.54) is 0 Å². The molecule has 6 nitrogen and oxygen atoms in total. The molecule has 0 spiro atoms. The van der Waals surface area contributed by atoms with Gasteiger partial charge in [-0.1, -0.05) is 13.0 Å². The largest absolute Gasteiger partial charge is 0.359 e. The van der Waals surface area contributed by atoms with Crippen LogP contribution in [0.15, 0.2) is 41.6 Å². The van der Waals surface area contributed by atoms with Crippen molar-refractivity contribution in [2.45, 2.75) is 13.3 Å². The molecular weight excluding hydrogens is 278 g/mol. The molecule has 22 heavy (non-hydrogen) atoms. The second-order valence-corrected chi connectivity index (χ2v) is 5.54. The van der Waals surface area contributed by atoms with Gasteiger partial charge in [0.2, 0.25) is 5.91 Å². The second kappa shape index (κ2) is 4.84. The fourth-order valence-corrected chi connectivity index (χ4v) is 2.78. The maximum atomic E-state index is 11.4. The van der Waals surface area contributed by atoms with Crippen LogP contribution in [-0.4, -0.2) is 26.6 Å². The molecule has 1 aliphatic heterocycles. The lowest BCUT2D eigenvalue weighted by molar-refractivity contribution is -0.121. The zero-order valence-electron chi connectivity index (χ0n) is 12.1. The summed E-state index contributed by atoms with van der Waals surface area (Å²) in [5.41, 5.74) is 7.27. The molecule has 1 aromatic carbocycles. The van der Waals surface area contributed by atoms with Gasteiger partial charge in [-0.25, -0.2) is 10.4 Å². The molecule has 4 rings (SSSR count). The number of rotatable bonds is 2. The Morgan fingerprint density at radius 1 is 1.27 bits per heavy atom. The molecule has 3 heterocycles. The SMILES string of the molecule is CC1CC(=O)NN=C1c1ccc2nc(-c3ccc[nH]3)[nH]c2c1. The average molecular weight is 293 g/mol. The van der Waals surface area contributed by atoms with Crippen LogP contribution in [0, 0.1) is 5.92 Å². The average Bonchev–Trinajstić information content (AvgIpc) is 3.15. The van der Waals surface area contributed by atoms with E-state index in [2.05, 4.69) is 25.5 Å². The van der Waals surface area contributed by atoms with Gasteiger partial charge in [-0.3, -0.25) is 4.79 Å². The molecule has 0 saturated carbocycles. The second-order valence-electron chi connectivity index (χ2n) is 5.54. The van der Waals surface area contributed by atoms with E-state index in [1.54, 1.807) is 0 Å². The van der Waals surface area contributed by atoms with Crippen molar-refractivity contribution in [2.75, 3.05) is 0 Å². The van der Waals surface area contributed by atoms with Crippen molar-refractivity contribution < 1.29 is 4.79 Å². The molecular formula is C16H15N5O. The molecule has 6 heteroatoms. The molecule has 0 bridgehead atoms. The fourth-order valence-electron chi connectivity index (χ4n) is 2.78. The van der Waals surface area contributed by atoms with E-state index in [-0.39, 0.29) is 11.8 Å². The van der Waals surface area contributed by atoms with E-state index in [0.717, 1.165) is 33.8 Å². The minimum atomic E-state index is -0.0344. The van der Waals surface area contributed by atoms with E-state index in [9.17, 15) is 4.79 Å². The quantitative estimate of drug-likeness (QED) is 0.677. The number of carbonyl (C=O) groups excluding carboxylic acids is 1. The van der Waals surface area contributed by atoms with E-state index in [0.29, 0.717) is 6.42 Å². The number of fused-ring (bicyclic) bond motifs is 1. The molecule has 1 aliphatic rings. The van der Waals surface area contributed by atoms with Gasteiger partial charge < -0.3 is 9.97 Å². The number of aromatic nitrogens is 3. The number of amides is 1. The highest BCUT2D eigenvalue weighted by molar-refractivity contribution is 6.07. The number of hydrogen-bond donors (Lipinski definition) is 3. The predicted octanol–water partition coefficient (Wildman–Crippen LogP) is 2.42. The minimum absolute atomic E-state index is 0.0344. The van der Waals surface area contributed by atoms with Gasteiger partial charge in [-0.05, 0) is 24.3 Å². The summed E-state index contributed by atoms with van der Waals surface area (Å²) in [6.07, 6.45) is 2.34. The molecule has 3 aromatic rings. The molecule has 1 unspecified atom stereocenters. The van der Waals surface area contributed by atoms with Gasteiger partial charge in [-0.15, -0.1) is 0 Å². The van der Waals surface area contributed by atoms with Crippen LogP contribution < -0.4 is 5.43 Å². The number of imidazole rings is 1. The highest BCUT2D eigenvalue weighted by atomic mass is 16.2. The standard InChI is InChI=1S/C16H15N5O/c1-9-7-14(22)20-21-15(9)10-4-5-11-13(8-10)19-16(18-11)12-3-2-6-17-12/h2-6,8-9,17H,7H2,1H3,(H,18,19)(H,20,22). The monoisotopic (exact) mass is 293 g/mol.